The Kier molecular flexibility index (Phi) is 4.11. The molecule has 2 rings (SSSR count). The monoisotopic (exact) mass is 251 g/mol. The molecule has 0 heterocycles. The minimum atomic E-state index is 0.409. The third kappa shape index (κ3) is 2.66. The largest absolute Gasteiger partial charge is 0.330 e. The topological polar surface area (TPSA) is 26.0 Å². The molecule has 2 N–H and O–H groups in total. The van der Waals surface area contributed by atoms with Crippen molar-refractivity contribution >= 4 is 11.6 Å². The Hall–Kier alpha value is -0.530. The Morgan fingerprint density at radius 2 is 2.06 bits per heavy atom. The summed E-state index contributed by atoms with van der Waals surface area (Å²) in [4.78, 5) is 0. The highest BCUT2D eigenvalue weighted by atomic mass is 35.5. The molecule has 0 radical (unpaired) electrons. The van der Waals surface area contributed by atoms with E-state index in [4.69, 9.17) is 17.3 Å². The summed E-state index contributed by atoms with van der Waals surface area (Å²) in [6, 6.07) is 6.60. The fourth-order valence-corrected chi connectivity index (χ4v) is 3.00. The second-order valence-electron chi connectivity index (χ2n) is 5.34. The lowest BCUT2D eigenvalue weighted by atomic mass is 9.62. The molecule has 1 aliphatic rings. The lowest BCUT2D eigenvalue weighted by Gasteiger charge is -2.43. The molecule has 17 heavy (non-hydrogen) atoms. The van der Waals surface area contributed by atoms with Crippen LogP contribution < -0.4 is 5.73 Å². The van der Waals surface area contributed by atoms with Gasteiger partial charge in [0.15, 0.2) is 0 Å². The summed E-state index contributed by atoms with van der Waals surface area (Å²) in [6.07, 6.45) is 7.63. The van der Waals surface area contributed by atoms with E-state index in [0.29, 0.717) is 5.41 Å². The molecule has 1 aromatic rings. The Labute approximate surface area is 109 Å². The average Bonchev–Trinajstić information content (AvgIpc) is 2.26. The molecule has 0 amide bonds. The van der Waals surface area contributed by atoms with Gasteiger partial charge in [-0.15, -0.1) is 0 Å². The first-order valence-corrected chi connectivity index (χ1v) is 7.02. The second kappa shape index (κ2) is 5.41. The highest BCUT2D eigenvalue weighted by Crippen LogP contribution is 2.48. The van der Waals surface area contributed by atoms with Crippen LogP contribution in [0.5, 0.6) is 0 Å². The van der Waals surface area contributed by atoms with Crippen molar-refractivity contribution in [1.29, 1.82) is 0 Å². The van der Waals surface area contributed by atoms with Gasteiger partial charge in [-0.05, 0) is 61.8 Å². The maximum Gasteiger partial charge on any atom is 0.0438 e. The summed E-state index contributed by atoms with van der Waals surface area (Å²) in [7, 11) is 0. The number of hydrogen-bond donors (Lipinski definition) is 1. The molecule has 1 aliphatic carbocycles. The molecule has 0 atom stereocenters. The Morgan fingerprint density at radius 1 is 1.29 bits per heavy atom. The summed E-state index contributed by atoms with van der Waals surface area (Å²) in [5.41, 5.74) is 8.60. The van der Waals surface area contributed by atoms with E-state index in [1.165, 1.54) is 43.2 Å². The molecule has 0 unspecified atom stereocenters. The Bertz CT molecular complexity index is 383. The van der Waals surface area contributed by atoms with Gasteiger partial charge in [-0.25, -0.2) is 0 Å². The fraction of sp³-hybridized carbons (Fsp3) is 0.600. The smallest absolute Gasteiger partial charge is 0.0438 e. The van der Waals surface area contributed by atoms with Gasteiger partial charge in [-0.1, -0.05) is 36.6 Å². The van der Waals surface area contributed by atoms with Crippen molar-refractivity contribution in [1.82, 2.24) is 0 Å². The summed E-state index contributed by atoms with van der Waals surface area (Å²) < 4.78 is 0. The quantitative estimate of drug-likeness (QED) is 0.780. The van der Waals surface area contributed by atoms with Gasteiger partial charge in [0, 0.05) is 5.02 Å². The van der Waals surface area contributed by atoms with Gasteiger partial charge in [-0.2, -0.15) is 0 Å². The zero-order valence-electron chi connectivity index (χ0n) is 10.6. The van der Waals surface area contributed by atoms with Crippen molar-refractivity contribution in [2.24, 2.45) is 5.73 Å². The molecule has 1 saturated carbocycles. The molecule has 94 valence electrons. The maximum atomic E-state index is 6.24. The molecule has 1 fully saturated rings. The third-order valence-corrected chi connectivity index (χ3v) is 4.61. The maximum absolute atomic E-state index is 6.24. The van der Waals surface area contributed by atoms with Crippen molar-refractivity contribution in [3.8, 4) is 0 Å². The van der Waals surface area contributed by atoms with Crippen molar-refractivity contribution in [3.05, 3.63) is 34.3 Å². The summed E-state index contributed by atoms with van der Waals surface area (Å²) >= 11 is 6.24. The number of nitrogens with two attached hydrogens (primary N) is 1. The molecule has 1 aromatic carbocycles. The van der Waals surface area contributed by atoms with Gasteiger partial charge in [-0.3, -0.25) is 0 Å². The Balaban J connectivity index is 2.13. The zero-order chi connectivity index (χ0) is 12.3. The number of benzene rings is 1. The first-order chi connectivity index (χ1) is 8.18. The lowest BCUT2D eigenvalue weighted by molar-refractivity contribution is 0.219. The normalized spacial score (nSPS) is 17.8. The van der Waals surface area contributed by atoms with Crippen LogP contribution in [0, 0.1) is 6.92 Å². The van der Waals surface area contributed by atoms with Crippen molar-refractivity contribution in [2.45, 2.75) is 50.9 Å². The van der Waals surface area contributed by atoms with Crippen LogP contribution in [-0.2, 0) is 5.41 Å². The first kappa shape index (κ1) is 12.9. The van der Waals surface area contributed by atoms with Crippen LogP contribution in [0.4, 0.5) is 0 Å². The van der Waals surface area contributed by atoms with Crippen molar-refractivity contribution in [3.63, 3.8) is 0 Å². The van der Waals surface area contributed by atoms with E-state index in [-0.39, 0.29) is 0 Å². The van der Waals surface area contributed by atoms with Gasteiger partial charge < -0.3 is 5.73 Å². The zero-order valence-corrected chi connectivity index (χ0v) is 11.4. The first-order valence-electron chi connectivity index (χ1n) is 6.65. The molecular formula is C15H22ClN. The molecule has 0 spiro atoms. The van der Waals surface area contributed by atoms with Crippen LogP contribution in [0.25, 0.3) is 0 Å². The van der Waals surface area contributed by atoms with E-state index < -0.39 is 0 Å². The highest BCUT2D eigenvalue weighted by Gasteiger charge is 2.37. The number of hydrogen-bond acceptors (Lipinski definition) is 1. The minimum Gasteiger partial charge on any atom is -0.330 e. The van der Waals surface area contributed by atoms with E-state index in [2.05, 4.69) is 25.1 Å². The summed E-state index contributed by atoms with van der Waals surface area (Å²) in [6.45, 7) is 2.87. The van der Waals surface area contributed by atoms with Crippen LogP contribution in [0.1, 0.15) is 49.7 Å². The molecule has 0 saturated heterocycles. The van der Waals surface area contributed by atoms with E-state index >= 15 is 0 Å². The highest BCUT2D eigenvalue weighted by molar-refractivity contribution is 6.31. The Morgan fingerprint density at radius 3 is 2.59 bits per heavy atom. The summed E-state index contributed by atoms with van der Waals surface area (Å²) in [5.74, 6) is 0. The molecular weight excluding hydrogens is 230 g/mol. The molecule has 0 aromatic heterocycles. The summed E-state index contributed by atoms with van der Waals surface area (Å²) in [5, 5.41) is 0.910. The van der Waals surface area contributed by atoms with Crippen LogP contribution in [-0.4, -0.2) is 6.54 Å². The van der Waals surface area contributed by atoms with E-state index in [1.54, 1.807) is 0 Å². The second-order valence-corrected chi connectivity index (χ2v) is 5.75. The van der Waals surface area contributed by atoms with Crippen LogP contribution in [0.3, 0.4) is 0 Å². The van der Waals surface area contributed by atoms with Crippen molar-refractivity contribution in [2.75, 3.05) is 6.54 Å². The molecule has 1 nitrogen and oxygen atoms in total. The number of rotatable bonds is 5. The SMILES string of the molecule is Cc1ccc(C2(CCCCN)CCC2)cc1Cl. The predicted octanol–water partition coefficient (Wildman–Crippen LogP) is 4.20. The average molecular weight is 252 g/mol. The molecule has 2 heteroatoms. The lowest BCUT2D eigenvalue weighted by Crippen LogP contribution is -2.34. The van der Waals surface area contributed by atoms with Crippen molar-refractivity contribution < 1.29 is 0 Å². The minimum absolute atomic E-state index is 0.409. The number of aryl methyl sites for hydroxylation is 1. The van der Waals surface area contributed by atoms with E-state index in [0.717, 1.165) is 18.0 Å². The van der Waals surface area contributed by atoms with E-state index in [1.807, 2.05) is 0 Å². The predicted molar refractivity (Wildman–Crippen MR) is 74.6 cm³/mol. The molecule has 0 aliphatic heterocycles. The van der Waals surface area contributed by atoms with Crippen LogP contribution in [0.15, 0.2) is 18.2 Å². The van der Waals surface area contributed by atoms with Gasteiger partial charge in [0.2, 0.25) is 0 Å². The number of halogens is 1. The third-order valence-electron chi connectivity index (χ3n) is 4.20. The fourth-order valence-electron chi connectivity index (χ4n) is 2.82. The van der Waals surface area contributed by atoms with Crippen LogP contribution in [0.2, 0.25) is 5.02 Å². The standard InChI is InChI=1S/C15H22ClN/c1-12-5-6-13(11-14(12)16)15(8-4-9-15)7-2-3-10-17/h5-6,11H,2-4,7-10,17H2,1H3. The van der Waals surface area contributed by atoms with Gasteiger partial charge >= 0.3 is 0 Å². The van der Waals surface area contributed by atoms with E-state index in [9.17, 15) is 0 Å². The van der Waals surface area contributed by atoms with Gasteiger partial charge in [0.25, 0.3) is 0 Å². The van der Waals surface area contributed by atoms with Gasteiger partial charge in [0.05, 0.1) is 0 Å². The molecule has 0 bridgehead atoms. The van der Waals surface area contributed by atoms with Gasteiger partial charge in [0.1, 0.15) is 0 Å². The van der Waals surface area contributed by atoms with Crippen LogP contribution >= 0.6 is 11.6 Å². The number of unbranched alkanes of at least 4 members (excludes halogenated alkanes) is 1.